The monoisotopic (exact) mass is 420 g/mol. The second kappa shape index (κ2) is 9.81. The van der Waals surface area contributed by atoms with E-state index in [-0.39, 0.29) is 11.9 Å². The predicted molar refractivity (Wildman–Crippen MR) is 121 cm³/mol. The van der Waals surface area contributed by atoms with Crippen LogP contribution in [0.5, 0.6) is 11.5 Å². The molecule has 1 aliphatic rings. The van der Waals surface area contributed by atoms with Crippen LogP contribution >= 0.6 is 0 Å². The minimum Gasteiger partial charge on any atom is -0.496 e. The summed E-state index contributed by atoms with van der Waals surface area (Å²) >= 11 is 0. The Hall–Kier alpha value is -3.09. The van der Waals surface area contributed by atoms with Crippen LogP contribution in [0.25, 0.3) is 10.8 Å². The van der Waals surface area contributed by atoms with E-state index in [1.54, 1.807) is 32.4 Å². The van der Waals surface area contributed by atoms with E-state index in [2.05, 4.69) is 46.6 Å². The fourth-order valence-electron chi connectivity index (χ4n) is 4.22. The number of rotatable bonds is 7. The van der Waals surface area contributed by atoms with Crippen molar-refractivity contribution in [1.29, 1.82) is 0 Å². The number of fused-ring (bicyclic) bond motifs is 1. The molecule has 6 nitrogen and oxygen atoms in total. The van der Waals surface area contributed by atoms with Gasteiger partial charge in [0.25, 0.3) is 5.91 Å². The highest BCUT2D eigenvalue weighted by molar-refractivity contribution is 5.99. The van der Waals surface area contributed by atoms with Gasteiger partial charge in [0.05, 0.1) is 33.5 Å². The van der Waals surface area contributed by atoms with E-state index in [1.165, 1.54) is 16.3 Å². The average molecular weight is 421 g/mol. The molecule has 4 rings (SSSR count). The lowest BCUT2D eigenvalue weighted by molar-refractivity contribution is 0.0165. The van der Waals surface area contributed by atoms with Gasteiger partial charge in [0, 0.05) is 19.6 Å². The zero-order chi connectivity index (χ0) is 21.6. The van der Waals surface area contributed by atoms with E-state index in [1.807, 2.05) is 6.07 Å². The fourth-order valence-corrected chi connectivity index (χ4v) is 4.22. The Morgan fingerprint density at radius 2 is 1.61 bits per heavy atom. The van der Waals surface area contributed by atoms with Gasteiger partial charge in [-0.15, -0.1) is 0 Å². The smallest absolute Gasteiger partial charge is 0.258 e. The van der Waals surface area contributed by atoms with E-state index in [0.717, 1.165) is 13.1 Å². The second-order valence-electron chi connectivity index (χ2n) is 7.48. The second-order valence-corrected chi connectivity index (χ2v) is 7.48. The van der Waals surface area contributed by atoms with Crippen LogP contribution in [0.4, 0.5) is 0 Å². The number of hydrogen-bond donors (Lipinski definition) is 1. The Morgan fingerprint density at radius 3 is 2.32 bits per heavy atom. The highest BCUT2D eigenvalue weighted by Crippen LogP contribution is 2.30. The number of nitrogens with zero attached hydrogens (tertiary/aromatic N) is 1. The Balaban J connectivity index is 1.64. The molecule has 3 aromatic rings. The standard InChI is InChI=1S/C25H28N2O4/c1-29-22-11-6-12-23(30-2)24(22)25(28)26-17-21(27-13-15-31-16-14-27)20-10-5-8-18-7-3-4-9-19(18)20/h3-12,21H,13-17H2,1-2H3,(H,26,28). The molecule has 0 bridgehead atoms. The maximum absolute atomic E-state index is 13.2. The van der Waals surface area contributed by atoms with Crippen molar-refractivity contribution in [2.24, 2.45) is 0 Å². The van der Waals surface area contributed by atoms with Crippen molar-refractivity contribution in [1.82, 2.24) is 10.2 Å². The van der Waals surface area contributed by atoms with E-state index in [0.29, 0.717) is 36.8 Å². The molecule has 1 unspecified atom stereocenters. The normalized spacial score (nSPS) is 15.4. The summed E-state index contributed by atoms with van der Waals surface area (Å²) in [5, 5.41) is 5.52. The van der Waals surface area contributed by atoms with Gasteiger partial charge in [0.15, 0.2) is 0 Å². The number of benzene rings is 3. The van der Waals surface area contributed by atoms with E-state index in [4.69, 9.17) is 14.2 Å². The molecule has 1 saturated heterocycles. The summed E-state index contributed by atoms with van der Waals surface area (Å²) in [6.07, 6.45) is 0. The number of carbonyl (C=O) groups is 1. The van der Waals surface area contributed by atoms with E-state index in [9.17, 15) is 4.79 Å². The summed E-state index contributed by atoms with van der Waals surface area (Å²) in [5.74, 6) is 0.766. The zero-order valence-electron chi connectivity index (χ0n) is 18.0. The molecule has 0 aromatic heterocycles. The lowest BCUT2D eigenvalue weighted by Crippen LogP contribution is -2.44. The number of nitrogens with one attached hydrogen (secondary N) is 1. The molecule has 6 heteroatoms. The highest BCUT2D eigenvalue weighted by atomic mass is 16.5. The van der Waals surface area contributed by atoms with Gasteiger partial charge in [-0.05, 0) is 28.5 Å². The summed E-state index contributed by atoms with van der Waals surface area (Å²) in [7, 11) is 3.11. The first-order chi connectivity index (χ1) is 15.2. The summed E-state index contributed by atoms with van der Waals surface area (Å²) in [5.41, 5.74) is 1.61. The number of carbonyl (C=O) groups excluding carboxylic acids is 1. The number of methoxy groups -OCH3 is 2. The molecular weight excluding hydrogens is 392 g/mol. The third kappa shape index (κ3) is 4.50. The molecule has 1 fully saturated rings. The van der Waals surface area contributed by atoms with Crippen molar-refractivity contribution in [2.45, 2.75) is 6.04 Å². The van der Waals surface area contributed by atoms with Crippen LogP contribution in [-0.2, 0) is 4.74 Å². The van der Waals surface area contributed by atoms with Crippen LogP contribution in [0.3, 0.4) is 0 Å². The molecule has 0 aliphatic carbocycles. The minimum absolute atomic E-state index is 0.0275. The third-order valence-corrected chi connectivity index (χ3v) is 5.78. The van der Waals surface area contributed by atoms with Gasteiger partial charge in [0.2, 0.25) is 0 Å². The van der Waals surface area contributed by atoms with Crippen LogP contribution in [0.15, 0.2) is 60.7 Å². The first-order valence-electron chi connectivity index (χ1n) is 10.5. The number of morpholine rings is 1. The Labute approximate surface area is 182 Å². The molecule has 162 valence electrons. The van der Waals surface area contributed by atoms with E-state index >= 15 is 0 Å². The van der Waals surface area contributed by atoms with Crippen LogP contribution in [-0.4, -0.2) is 57.9 Å². The summed E-state index contributed by atoms with van der Waals surface area (Å²) in [6, 6.07) is 20.1. The van der Waals surface area contributed by atoms with Gasteiger partial charge in [-0.3, -0.25) is 9.69 Å². The van der Waals surface area contributed by atoms with Gasteiger partial charge in [-0.25, -0.2) is 0 Å². The Kier molecular flexibility index (Phi) is 6.70. The predicted octanol–water partition coefficient (Wildman–Crippen LogP) is 3.66. The van der Waals surface area contributed by atoms with Gasteiger partial charge in [0.1, 0.15) is 17.1 Å². The van der Waals surface area contributed by atoms with Crippen molar-refractivity contribution < 1.29 is 19.0 Å². The van der Waals surface area contributed by atoms with Crippen molar-refractivity contribution in [3.63, 3.8) is 0 Å². The molecule has 1 aliphatic heterocycles. The maximum atomic E-state index is 13.2. The molecular formula is C25H28N2O4. The van der Waals surface area contributed by atoms with Gasteiger partial charge < -0.3 is 19.5 Å². The molecule has 1 N–H and O–H groups in total. The topological polar surface area (TPSA) is 60.0 Å². The van der Waals surface area contributed by atoms with Crippen molar-refractivity contribution >= 4 is 16.7 Å². The Morgan fingerprint density at radius 1 is 0.968 bits per heavy atom. The van der Waals surface area contributed by atoms with Crippen molar-refractivity contribution in [2.75, 3.05) is 47.1 Å². The largest absolute Gasteiger partial charge is 0.496 e. The Bertz CT molecular complexity index is 1020. The lowest BCUT2D eigenvalue weighted by atomic mass is 9.97. The molecule has 3 aromatic carbocycles. The lowest BCUT2D eigenvalue weighted by Gasteiger charge is -2.35. The maximum Gasteiger partial charge on any atom is 0.258 e. The molecule has 0 saturated carbocycles. The molecule has 31 heavy (non-hydrogen) atoms. The number of hydrogen-bond acceptors (Lipinski definition) is 5. The average Bonchev–Trinajstić information content (AvgIpc) is 2.84. The quantitative estimate of drug-likeness (QED) is 0.632. The zero-order valence-corrected chi connectivity index (χ0v) is 18.0. The SMILES string of the molecule is COc1cccc(OC)c1C(=O)NCC(c1cccc2ccccc12)N1CCOCC1. The highest BCUT2D eigenvalue weighted by Gasteiger charge is 2.26. The summed E-state index contributed by atoms with van der Waals surface area (Å²) < 4.78 is 16.4. The molecule has 1 atom stereocenters. The van der Waals surface area contributed by atoms with E-state index < -0.39 is 0 Å². The van der Waals surface area contributed by atoms with Gasteiger partial charge in [-0.1, -0.05) is 48.5 Å². The summed E-state index contributed by atoms with van der Waals surface area (Å²) in [4.78, 5) is 15.6. The fraction of sp³-hybridized carbons (Fsp3) is 0.320. The van der Waals surface area contributed by atoms with Crippen LogP contribution in [0.1, 0.15) is 22.0 Å². The molecule has 0 spiro atoms. The first-order valence-corrected chi connectivity index (χ1v) is 10.5. The van der Waals surface area contributed by atoms with Gasteiger partial charge in [-0.2, -0.15) is 0 Å². The first kappa shape index (κ1) is 21.2. The van der Waals surface area contributed by atoms with Crippen LogP contribution < -0.4 is 14.8 Å². The number of amides is 1. The number of ether oxygens (including phenoxy) is 3. The van der Waals surface area contributed by atoms with Crippen molar-refractivity contribution in [3.8, 4) is 11.5 Å². The summed E-state index contributed by atoms with van der Waals surface area (Å²) in [6.45, 7) is 3.49. The minimum atomic E-state index is -0.215. The molecule has 0 radical (unpaired) electrons. The van der Waals surface area contributed by atoms with Gasteiger partial charge >= 0.3 is 0 Å². The molecule has 1 heterocycles. The molecule has 1 amide bonds. The van der Waals surface area contributed by atoms with Crippen molar-refractivity contribution in [3.05, 3.63) is 71.8 Å². The van der Waals surface area contributed by atoms with Crippen LogP contribution in [0, 0.1) is 0 Å². The third-order valence-electron chi connectivity index (χ3n) is 5.78. The van der Waals surface area contributed by atoms with Crippen LogP contribution in [0.2, 0.25) is 0 Å².